The van der Waals surface area contributed by atoms with Crippen molar-refractivity contribution in [2.75, 3.05) is 6.61 Å². The van der Waals surface area contributed by atoms with Crippen LogP contribution in [0.1, 0.15) is 77.2 Å². The highest BCUT2D eigenvalue weighted by atomic mass is 17.2. The summed E-state index contributed by atoms with van der Waals surface area (Å²) in [7, 11) is 0. The molecule has 1 spiro atoms. The number of fused-ring (bicyclic) bond motifs is 5. The Morgan fingerprint density at radius 3 is 2.48 bits per heavy atom. The summed E-state index contributed by atoms with van der Waals surface area (Å²) < 4.78 is 6.45. The van der Waals surface area contributed by atoms with E-state index >= 15 is 0 Å². The van der Waals surface area contributed by atoms with Crippen LogP contribution in [-0.2, 0) is 14.5 Å². The zero-order valence-corrected chi connectivity index (χ0v) is 20.3. The molecule has 5 aliphatic rings. The molecule has 4 aliphatic carbocycles. The van der Waals surface area contributed by atoms with Crippen LogP contribution in [0.4, 0.5) is 0 Å². The molecule has 0 radical (unpaired) electrons. The van der Waals surface area contributed by atoms with Crippen LogP contribution in [0.3, 0.4) is 0 Å². The van der Waals surface area contributed by atoms with Crippen LogP contribution in [0.25, 0.3) is 5.57 Å². The van der Waals surface area contributed by atoms with Gasteiger partial charge >= 0.3 is 0 Å². The topological polar surface area (TPSA) is 47.9 Å². The lowest BCUT2D eigenvalue weighted by molar-refractivity contribution is -0.489. The van der Waals surface area contributed by atoms with Crippen LogP contribution < -0.4 is 0 Å². The lowest BCUT2D eigenvalue weighted by atomic mass is 9.45. The molecule has 0 aromatic heterocycles. The molecule has 4 heteroatoms. The van der Waals surface area contributed by atoms with Gasteiger partial charge in [0.25, 0.3) is 0 Å². The molecule has 1 saturated heterocycles. The Morgan fingerprint density at radius 1 is 0.939 bits per heavy atom. The standard InChI is InChI=1S/C29H40O4/c1-19(20-7-5-4-6-8-20)25-18-31-29(33-32-25)16-15-27(2)21(17-29)9-10-22-23-11-12-26(30)28(23,3)14-13-24(22)27/h4-8,21-26,30H,1,9-18H2,2-3H3/t21-,22+,23+,24+,25+,26+,27+,28+,29+/m1/s1. The number of ether oxygens (including phenoxy) is 1. The quantitative estimate of drug-likeness (QED) is 0.547. The molecule has 4 nitrogen and oxygen atoms in total. The van der Waals surface area contributed by atoms with Gasteiger partial charge in [-0.25, -0.2) is 9.78 Å². The third-order valence-electron chi connectivity index (χ3n) is 11.0. The van der Waals surface area contributed by atoms with Crippen molar-refractivity contribution < 1.29 is 19.6 Å². The zero-order chi connectivity index (χ0) is 22.8. The lowest BCUT2D eigenvalue weighted by Crippen LogP contribution is -2.58. The average molecular weight is 453 g/mol. The second-order valence-electron chi connectivity index (χ2n) is 12.3. The van der Waals surface area contributed by atoms with Gasteiger partial charge in [-0.05, 0) is 90.6 Å². The fourth-order valence-corrected chi connectivity index (χ4v) is 8.80. The summed E-state index contributed by atoms with van der Waals surface area (Å²) in [5, 5.41) is 10.7. The van der Waals surface area contributed by atoms with Crippen molar-refractivity contribution in [1.29, 1.82) is 0 Å². The predicted octanol–water partition coefficient (Wildman–Crippen LogP) is 6.15. The molecular weight excluding hydrogens is 412 g/mol. The van der Waals surface area contributed by atoms with Crippen molar-refractivity contribution in [2.24, 2.45) is 34.5 Å². The molecule has 1 aliphatic heterocycles. The Bertz CT molecular complexity index is 890. The van der Waals surface area contributed by atoms with Crippen LogP contribution in [-0.4, -0.2) is 29.7 Å². The van der Waals surface area contributed by atoms with Crippen LogP contribution >= 0.6 is 0 Å². The van der Waals surface area contributed by atoms with E-state index in [4.69, 9.17) is 14.5 Å². The van der Waals surface area contributed by atoms with Crippen LogP contribution in [0.2, 0.25) is 0 Å². The summed E-state index contributed by atoms with van der Waals surface area (Å²) in [6, 6.07) is 10.2. The van der Waals surface area contributed by atoms with Gasteiger partial charge < -0.3 is 9.84 Å². The molecule has 33 heavy (non-hydrogen) atoms. The maximum Gasteiger partial charge on any atom is 0.202 e. The predicted molar refractivity (Wildman–Crippen MR) is 128 cm³/mol. The van der Waals surface area contributed by atoms with Crippen LogP contribution in [0, 0.1) is 34.5 Å². The van der Waals surface area contributed by atoms with Gasteiger partial charge in [0, 0.05) is 12.8 Å². The molecule has 0 amide bonds. The molecule has 1 N–H and O–H groups in total. The van der Waals surface area contributed by atoms with Crippen molar-refractivity contribution in [1.82, 2.24) is 0 Å². The molecule has 1 aromatic carbocycles. The van der Waals surface area contributed by atoms with E-state index in [0.29, 0.717) is 23.9 Å². The Labute approximate surface area is 198 Å². The summed E-state index contributed by atoms with van der Waals surface area (Å²) in [6.07, 6.45) is 9.84. The Kier molecular flexibility index (Phi) is 5.34. The van der Waals surface area contributed by atoms with E-state index in [1.165, 1.54) is 32.1 Å². The fraction of sp³-hybridized carbons (Fsp3) is 0.724. The highest BCUT2D eigenvalue weighted by molar-refractivity contribution is 5.66. The number of aliphatic hydroxyl groups is 1. The lowest BCUT2D eigenvalue weighted by Gasteiger charge is -2.62. The van der Waals surface area contributed by atoms with E-state index in [9.17, 15) is 5.11 Å². The third-order valence-corrected chi connectivity index (χ3v) is 11.0. The van der Waals surface area contributed by atoms with Crippen molar-refractivity contribution in [3.8, 4) is 0 Å². The van der Waals surface area contributed by atoms with E-state index < -0.39 is 5.79 Å². The fourth-order valence-electron chi connectivity index (χ4n) is 8.80. The molecule has 180 valence electrons. The number of rotatable bonds is 2. The highest BCUT2D eigenvalue weighted by Crippen LogP contribution is 2.67. The van der Waals surface area contributed by atoms with Gasteiger partial charge in [-0.2, -0.15) is 0 Å². The molecule has 9 atom stereocenters. The number of hydrogen-bond donors (Lipinski definition) is 1. The summed E-state index contributed by atoms with van der Waals surface area (Å²) in [5.74, 6) is 2.26. The van der Waals surface area contributed by atoms with Gasteiger partial charge in [0.15, 0.2) is 0 Å². The van der Waals surface area contributed by atoms with Crippen molar-refractivity contribution in [2.45, 2.75) is 89.6 Å². The van der Waals surface area contributed by atoms with Gasteiger partial charge in [0.05, 0.1) is 12.7 Å². The molecule has 1 aromatic rings. The van der Waals surface area contributed by atoms with Gasteiger partial charge in [0.1, 0.15) is 6.10 Å². The van der Waals surface area contributed by atoms with Crippen molar-refractivity contribution in [3.63, 3.8) is 0 Å². The van der Waals surface area contributed by atoms with E-state index in [0.717, 1.165) is 48.7 Å². The first kappa shape index (κ1) is 22.3. The first-order valence-electron chi connectivity index (χ1n) is 13.3. The van der Waals surface area contributed by atoms with E-state index in [1.807, 2.05) is 18.2 Å². The third kappa shape index (κ3) is 3.39. The van der Waals surface area contributed by atoms with E-state index in [-0.39, 0.29) is 17.6 Å². The Hall–Kier alpha value is -1.20. The molecule has 6 rings (SSSR count). The maximum atomic E-state index is 10.7. The van der Waals surface area contributed by atoms with Crippen molar-refractivity contribution in [3.05, 3.63) is 42.5 Å². The number of hydrogen-bond acceptors (Lipinski definition) is 4. The summed E-state index contributed by atoms with van der Waals surface area (Å²) in [5.41, 5.74) is 2.48. The monoisotopic (exact) mass is 452 g/mol. The van der Waals surface area contributed by atoms with Gasteiger partial charge in [-0.1, -0.05) is 50.8 Å². The van der Waals surface area contributed by atoms with Crippen LogP contribution in [0.5, 0.6) is 0 Å². The minimum absolute atomic E-state index is 0.0941. The van der Waals surface area contributed by atoms with Gasteiger partial charge in [0.2, 0.25) is 5.79 Å². The minimum Gasteiger partial charge on any atom is -0.393 e. The normalized spacial score (nSPS) is 49.2. The molecule has 1 heterocycles. The van der Waals surface area contributed by atoms with Crippen molar-refractivity contribution >= 4 is 5.57 Å². The number of benzene rings is 1. The van der Waals surface area contributed by atoms with E-state index in [2.05, 4.69) is 32.6 Å². The molecule has 0 unspecified atom stereocenters. The smallest absolute Gasteiger partial charge is 0.202 e. The van der Waals surface area contributed by atoms with E-state index in [1.54, 1.807) is 0 Å². The SMILES string of the molecule is C=C(c1ccccc1)[C@@H]1CO[C@@]2(CC[C@@]3(C)[C@H](CC[C@@H]4[C@@H]3CC[C@]3(C)[C@@H](O)CC[C@@H]43)C2)OO1. The first-order chi connectivity index (χ1) is 15.8. The highest BCUT2D eigenvalue weighted by Gasteiger charge is 2.62. The largest absolute Gasteiger partial charge is 0.393 e. The zero-order valence-electron chi connectivity index (χ0n) is 20.3. The Morgan fingerprint density at radius 2 is 1.73 bits per heavy atom. The summed E-state index contributed by atoms with van der Waals surface area (Å²) >= 11 is 0. The molecular formula is C29H40O4. The minimum atomic E-state index is -0.600. The van der Waals surface area contributed by atoms with Crippen LogP contribution in [0.15, 0.2) is 36.9 Å². The molecule has 5 fully saturated rings. The molecule has 0 bridgehead atoms. The van der Waals surface area contributed by atoms with Gasteiger partial charge in [-0.3, -0.25) is 0 Å². The van der Waals surface area contributed by atoms with Gasteiger partial charge in [-0.15, -0.1) is 0 Å². The summed E-state index contributed by atoms with van der Waals surface area (Å²) in [4.78, 5) is 12.0. The second kappa shape index (κ2) is 7.91. The second-order valence-corrected chi connectivity index (χ2v) is 12.3. The molecule has 4 saturated carbocycles. The maximum absolute atomic E-state index is 10.7. The average Bonchev–Trinajstić information content (AvgIpc) is 3.15. The summed E-state index contributed by atoms with van der Waals surface area (Å²) in [6.45, 7) is 9.67. The Balaban J connectivity index is 1.14. The first-order valence-corrected chi connectivity index (χ1v) is 13.3. The number of aliphatic hydroxyl groups excluding tert-OH is 1.